The van der Waals surface area contributed by atoms with Gasteiger partial charge in [-0.15, -0.1) is 0 Å². The summed E-state index contributed by atoms with van der Waals surface area (Å²) in [5, 5.41) is 0. The van der Waals surface area contributed by atoms with E-state index in [1.54, 1.807) is 18.2 Å². The van der Waals surface area contributed by atoms with E-state index in [1.165, 1.54) is 50.7 Å². The van der Waals surface area contributed by atoms with Crippen LogP contribution in [0.3, 0.4) is 0 Å². The Kier molecular flexibility index (Phi) is 15.9. The molecular weight excluding hydrogens is 432 g/mol. The van der Waals surface area contributed by atoms with Gasteiger partial charge in [0.15, 0.2) is 0 Å². The van der Waals surface area contributed by atoms with E-state index in [2.05, 4.69) is 18.9 Å². The summed E-state index contributed by atoms with van der Waals surface area (Å²) in [7, 11) is -9.45. The Hall–Kier alpha value is 0.0997. The van der Waals surface area contributed by atoms with Crippen LogP contribution in [0.4, 0.5) is 0 Å². The minimum atomic E-state index is -4.77. The zero-order valence-electron chi connectivity index (χ0n) is 15.8. The standard InChI is InChI=1S/C18H30O7S2.Ca.2H/c1-2-3-4-5-6-7-8-9-10-14-17-23-26(19,20)25-27(21,22)24-18-15-12-11-13-16-18;;;/h11-13,15-16H,2-10,14,17H2,1H3;;;. The summed E-state index contributed by atoms with van der Waals surface area (Å²) in [5.74, 6) is -0.0533. The summed E-state index contributed by atoms with van der Waals surface area (Å²) in [5.41, 5.74) is 0. The van der Waals surface area contributed by atoms with Crippen molar-refractivity contribution >= 4 is 58.5 Å². The maximum atomic E-state index is 11.6. The van der Waals surface area contributed by atoms with Gasteiger partial charge in [-0.2, -0.15) is 16.8 Å². The first-order chi connectivity index (χ1) is 12.8. The Morgan fingerprint density at radius 2 is 1.21 bits per heavy atom. The Labute approximate surface area is 199 Å². The molecule has 0 radical (unpaired) electrons. The molecular formula is C18H32CaO7S2. The number of unbranched alkanes of at least 4 members (excludes halogenated alkanes) is 9. The zero-order chi connectivity index (χ0) is 20.0. The van der Waals surface area contributed by atoms with Crippen LogP contribution in [0, 0.1) is 0 Å². The molecule has 10 heteroatoms. The first-order valence-electron chi connectivity index (χ1n) is 9.44. The molecule has 0 aromatic heterocycles. The summed E-state index contributed by atoms with van der Waals surface area (Å²) in [6, 6.07) is 7.46. The van der Waals surface area contributed by atoms with Crippen LogP contribution in [0.1, 0.15) is 71.1 Å². The SMILES string of the molecule is CCCCCCCCCCCCOS(=O)(=O)OS(=O)(=O)Oc1ccccc1.[CaH2]. The molecule has 0 amide bonds. The Balaban J connectivity index is 0.00000729. The van der Waals surface area contributed by atoms with Gasteiger partial charge in [0.05, 0.1) is 6.61 Å². The average Bonchev–Trinajstić information content (AvgIpc) is 2.59. The van der Waals surface area contributed by atoms with Crippen LogP contribution in [-0.2, 0) is 28.6 Å². The van der Waals surface area contributed by atoms with Crippen molar-refractivity contribution in [3.63, 3.8) is 0 Å². The molecule has 7 nitrogen and oxygen atoms in total. The van der Waals surface area contributed by atoms with Crippen LogP contribution in [0.25, 0.3) is 0 Å². The summed E-state index contributed by atoms with van der Waals surface area (Å²) >= 11 is 0. The van der Waals surface area contributed by atoms with Gasteiger partial charge in [0.2, 0.25) is 0 Å². The van der Waals surface area contributed by atoms with Gasteiger partial charge in [-0.25, -0.2) is 4.18 Å². The summed E-state index contributed by atoms with van der Waals surface area (Å²) < 4.78 is 59.5. The third-order valence-electron chi connectivity index (χ3n) is 3.83. The van der Waals surface area contributed by atoms with Gasteiger partial charge in [0, 0.05) is 0 Å². The van der Waals surface area contributed by atoms with E-state index < -0.39 is 20.8 Å². The number of hydrogen-bond acceptors (Lipinski definition) is 7. The Morgan fingerprint density at radius 1 is 0.714 bits per heavy atom. The fraction of sp³-hybridized carbons (Fsp3) is 0.667. The van der Waals surface area contributed by atoms with Crippen molar-refractivity contribution in [2.24, 2.45) is 0 Å². The van der Waals surface area contributed by atoms with Crippen LogP contribution in [0.2, 0.25) is 0 Å². The van der Waals surface area contributed by atoms with Crippen LogP contribution in [0.15, 0.2) is 30.3 Å². The van der Waals surface area contributed by atoms with Gasteiger partial charge in [0.1, 0.15) is 5.75 Å². The molecule has 0 spiro atoms. The molecule has 0 N–H and O–H groups in total. The topological polar surface area (TPSA) is 96.0 Å². The van der Waals surface area contributed by atoms with E-state index in [0.29, 0.717) is 6.42 Å². The number of rotatable bonds is 16. The van der Waals surface area contributed by atoms with Crippen LogP contribution >= 0.6 is 0 Å². The molecule has 1 aromatic carbocycles. The monoisotopic (exact) mass is 464 g/mol. The van der Waals surface area contributed by atoms with Crippen molar-refractivity contribution in [3.05, 3.63) is 30.3 Å². The first-order valence-corrected chi connectivity index (χ1v) is 12.1. The van der Waals surface area contributed by atoms with Crippen molar-refractivity contribution in [2.75, 3.05) is 6.61 Å². The van der Waals surface area contributed by atoms with Crippen molar-refractivity contribution < 1.29 is 28.8 Å². The Morgan fingerprint density at radius 3 is 1.75 bits per heavy atom. The molecule has 0 aliphatic rings. The normalized spacial score (nSPS) is 11.8. The third-order valence-corrected chi connectivity index (χ3v) is 6.02. The molecule has 0 heterocycles. The zero-order valence-corrected chi connectivity index (χ0v) is 17.5. The fourth-order valence-corrected chi connectivity index (χ4v) is 4.23. The maximum absolute atomic E-state index is 11.6. The van der Waals surface area contributed by atoms with E-state index >= 15 is 0 Å². The summed E-state index contributed by atoms with van der Waals surface area (Å²) in [4.78, 5) is 0. The summed E-state index contributed by atoms with van der Waals surface area (Å²) in [6.07, 6.45) is 10.9. The third kappa shape index (κ3) is 15.0. The van der Waals surface area contributed by atoms with Crippen molar-refractivity contribution in [2.45, 2.75) is 71.1 Å². The second-order valence-electron chi connectivity index (χ2n) is 6.28. The molecule has 0 bridgehead atoms. The van der Waals surface area contributed by atoms with E-state index in [-0.39, 0.29) is 50.1 Å². The van der Waals surface area contributed by atoms with Crippen molar-refractivity contribution in [3.8, 4) is 5.75 Å². The van der Waals surface area contributed by atoms with Crippen LogP contribution in [0.5, 0.6) is 5.75 Å². The molecule has 1 rings (SSSR count). The predicted octanol–water partition coefficient (Wildman–Crippen LogP) is 3.59. The van der Waals surface area contributed by atoms with Crippen LogP contribution in [-0.4, -0.2) is 61.2 Å². The first kappa shape index (κ1) is 28.1. The molecule has 0 atom stereocenters. The Bertz CT molecular complexity index is 707. The number of para-hydroxylation sites is 1. The molecule has 0 aliphatic carbocycles. The van der Waals surface area contributed by atoms with Crippen molar-refractivity contribution in [1.29, 1.82) is 0 Å². The van der Waals surface area contributed by atoms with E-state index in [1.807, 2.05) is 0 Å². The molecule has 28 heavy (non-hydrogen) atoms. The van der Waals surface area contributed by atoms with Gasteiger partial charge in [-0.3, -0.25) is 0 Å². The van der Waals surface area contributed by atoms with Gasteiger partial charge >= 0.3 is 58.5 Å². The molecule has 0 saturated carbocycles. The number of benzene rings is 1. The molecule has 0 unspecified atom stereocenters. The molecule has 160 valence electrons. The molecule has 0 saturated heterocycles. The quantitative estimate of drug-likeness (QED) is 0.272. The molecule has 1 aromatic rings. The second kappa shape index (κ2) is 15.9. The predicted molar refractivity (Wildman–Crippen MR) is 112 cm³/mol. The van der Waals surface area contributed by atoms with Gasteiger partial charge < -0.3 is 4.18 Å². The van der Waals surface area contributed by atoms with Gasteiger partial charge in [0.25, 0.3) is 0 Å². The second-order valence-corrected chi connectivity index (χ2v) is 8.86. The average molecular weight is 465 g/mol. The van der Waals surface area contributed by atoms with Crippen molar-refractivity contribution in [1.82, 2.24) is 0 Å². The molecule has 0 fully saturated rings. The van der Waals surface area contributed by atoms with E-state index in [9.17, 15) is 16.8 Å². The number of hydrogen-bond donors (Lipinski definition) is 0. The minimum absolute atomic E-state index is 0. The van der Waals surface area contributed by atoms with Gasteiger partial charge in [-0.05, 0) is 18.6 Å². The van der Waals surface area contributed by atoms with E-state index in [4.69, 9.17) is 0 Å². The van der Waals surface area contributed by atoms with E-state index in [0.717, 1.165) is 19.3 Å². The van der Waals surface area contributed by atoms with Crippen LogP contribution < -0.4 is 4.18 Å². The van der Waals surface area contributed by atoms with Gasteiger partial charge in [-0.1, -0.05) is 86.5 Å². The summed E-state index contributed by atoms with van der Waals surface area (Å²) in [6.45, 7) is 2.07. The fourth-order valence-electron chi connectivity index (χ4n) is 2.48. The molecule has 0 aliphatic heterocycles.